The quantitative estimate of drug-likeness (QED) is 0.611. The van der Waals surface area contributed by atoms with E-state index in [4.69, 9.17) is 19.2 Å². The number of carboxylic acid groups (broad SMARTS) is 1. The summed E-state index contributed by atoms with van der Waals surface area (Å²) in [5.41, 5.74) is -0.887. The van der Waals surface area contributed by atoms with E-state index < -0.39 is 35.5 Å². The summed E-state index contributed by atoms with van der Waals surface area (Å²) in [6.07, 6.45) is 2.09. The molecule has 1 N–H and O–H groups in total. The van der Waals surface area contributed by atoms with Crippen LogP contribution in [0.5, 0.6) is 0 Å². The highest BCUT2D eigenvalue weighted by atomic mass is 17.3. The molecule has 5 rings (SSSR count). The molecule has 23 heavy (non-hydrogen) atoms. The molecule has 1 saturated carbocycles. The lowest BCUT2D eigenvalue weighted by molar-refractivity contribution is -0.559. The first-order valence-electron chi connectivity index (χ1n) is 8.33. The van der Waals surface area contributed by atoms with Gasteiger partial charge in [-0.2, -0.15) is 0 Å². The van der Waals surface area contributed by atoms with Crippen molar-refractivity contribution in [2.24, 2.45) is 23.7 Å². The molecular weight excluding hydrogens is 304 g/mol. The minimum absolute atomic E-state index is 0.125. The molecule has 0 unspecified atom stereocenters. The van der Waals surface area contributed by atoms with E-state index in [0.29, 0.717) is 18.8 Å². The molecule has 1 spiro atoms. The van der Waals surface area contributed by atoms with E-state index in [1.54, 1.807) is 6.92 Å². The van der Waals surface area contributed by atoms with E-state index in [-0.39, 0.29) is 18.3 Å². The number of carboxylic acids is 1. The van der Waals surface area contributed by atoms with Gasteiger partial charge in [-0.3, -0.25) is 9.59 Å². The van der Waals surface area contributed by atoms with Crippen LogP contribution in [0, 0.1) is 23.7 Å². The second-order valence-corrected chi connectivity index (χ2v) is 7.55. The Balaban J connectivity index is 1.79. The summed E-state index contributed by atoms with van der Waals surface area (Å²) in [5.74, 6) is -2.89. The third-order valence-electron chi connectivity index (χ3n) is 6.18. The van der Waals surface area contributed by atoms with Crippen molar-refractivity contribution < 1.29 is 33.9 Å². The van der Waals surface area contributed by atoms with Crippen LogP contribution in [0.3, 0.4) is 0 Å². The largest absolute Gasteiger partial charge is 0.481 e. The molecule has 0 amide bonds. The lowest BCUT2D eigenvalue weighted by atomic mass is 9.57. The Kier molecular flexibility index (Phi) is 3.28. The number of carbonyl (C=O) groups excluding carboxylic acids is 1. The maximum absolute atomic E-state index is 12.4. The maximum Gasteiger partial charge on any atom is 0.312 e. The second-order valence-electron chi connectivity index (χ2n) is 7.55. The summed E-state index contributed by atoms with van der Waals surface area (Å²) in [5, 5.41) is 9.18. The average molecular weight is 326 g/mol. The van der Waals surface area contributed by atoms with Gasteiger partial charge < -0.3 is 14.6 Å². The van der Waals surface area contributed by atoms with Gasteiger partial charge >= 0.3 is 11.9 Å². The van der Waals surface area contributed by atoms with Gasteiger partial charge in [-0.1, -0.05) is 6.92 Å². The fourth-order valence-electron chi connectivity index (χ4n) is 5.03. The van der Waals surface area contributed by atoms with Crippen molar-refractivity contribution in [3.63, 3.8) is 0 Å². The molecule has 0 aromatic carbocycles. The van der Waals surface area contributed by atoms with Crippen LogP contribution in [0.2, 0.25) is 0 Å². The Morgan fingerprint density at radius 1 is 1.26 bits per heavy atom. The zero-order chi connectivity index (χ0) is 16.4. The van der Waals surface area contributed by atoms with Gasteiger partial charge in [0.2, 0.25) is 12.1 Å². The topological polar surface area (TPSA) is 91.3 Å². The van der Waals surface area contributed by atoms with Crippen molar-refractivity contribution in [2.45, 2.75) is 63.6 Å². The molecule has 1 aliphatic carbocycles. The van der Waals surface area contributed by atoms with Crippen LogP contribution in [-0.4, -0.2) is 34.7 Å². The molecule has 4 saturated heterocycles. The van der Waals surface area contributed by atoms with Crippen LogP contribution in [0.4, 0.5) is 0 Å². The van der Waals surface area contributed by atoms with Crippen LogP contribution in [0.1, 0.15) is 46.0 Å². The SMILES string of the molecule is C[C@@H]1CC[C@H]2[C@@H](CC(=O)O)C(=O)O[C@@H]3O[C@]4(C)CC[C@@H]1[C@]32OO4. The number of carbonyl (C=O) groups is 2. The molecule has 5 fully saturated rings. The van der Waals surface area contributed by atoms with Crippen LogP contribution in [0.25, 0.3) is 0 Å². The van der Waals surface area contributed by atoms with E-state index in [1.807, 2.05) is 0 Å². The van der Waals surface area contributed by atoms with E-state index in [0.717, 1.165) is 12.8 Å². The monoisotopic (exact) mass is 326 g/mol. The molecule has 4 aliphatic heterocycles. The van der Waals surface area contributed by atoms with Gasteiger partial charge in [0.15, 0.2) is 5.60 Å². The summed E-state index contributed by atoms with van der Waals surface area (Å²) in [6.45, 7) is 3.95. The van der Waals surface area contributed by atoms with Crippen LogP contribution >= 0.6 is 0 Å². The zero-order valence-electron chi connectivity index (χ0n) is 13.3. The van der Waals surface area contributed by atoms with Crippen molar-refractivity contribution in [3.05, 3.63) is 0 Å². The van der Waals surface area contributed by atoms with E-state index in [1.165, 1.54) is 0 Å². The Hall–Kier alpha value is -1.18. The predicted molar refractivity (Wildman–Crippen MR) is 74.6 cm³/mol. The summed E-state index contributed by atoms with van der Waals surface area (Å²) in [4.78, 5) is 35.1. The molecule has 2 bridgehead atoms. The number of ether oxygens (including phenoxy) is 2. The van der Waals surface area contributed by atoms with Gasteiger partial charge in [0, 0.05) is 18.3 Å². The smallest absolute Gasteiger partial charge is 0.312 e. The minimum Gasteiger partial charge on any atom is -0.481 e. The van der Waals surface area contributed by atoms with Crippen molar-refractivity contribution >= 4 is 11.9 Å². The van der Waals surface area contributed by atoms with E-state index in [2.05, 4.69) is 6.92 Å². The Morgan fingerprint density at radius 2 is 2.04 bits per heavy atom. The number of aliphatic carboxylic acids is 1. The van der Waals surface area contributed by atoms with Crippen molar-refractivity contribution in [1.29, 1.82) is 0 Å². The van der Waals surface area contributed by atoms with Gasteiger partial charge in [-0.15, -0.1) is 0 Å². The van der Waals surface area contributed by atoms with Crippen LogP contribution in [0.15, 0.2) is 0 Å². The summed E-state index contributed by atoms with van der Waals surface area (Å²) >= 11 is 0. The first-order chi connectivity index (χ1) is 10.9. The molecule has 128 valence electrons. The van der Waals surface area contributed by atoms with Crippen molar-refractivity contribution in [2.75, 3.05) is 0 Å². The summed E-state index contributed by atoms with van der Waals surface area (Å²) in [6, 6.07) is 0. The van der Waals surface area contributed by atoms with Gasteiger partial charge in [-0.05, 0) is 32.1 Å². The number of hydrogen-bond donors (Lipinski definition) is 1. The third-order valence-corrected chi connectivity index (χ3v) is 6.18. The number of fused-ring (bicyclic) bond motifs is 2. The van der Waals surface area contributed by atoms with E-state index >= 15 is 0 Å². The third kappa shape index (κ3) is 2.06. The van der Waals surface area contributed by atoms with Gasteiger partial charge in [0.1, 0.15) is 0 Å². The minimum atomic E-state index is -1.01. The summed E-state index contributed by atoms with van der Waals surface area (Å²) < 4.78 is 11.5. The highest BCUT2D eigenvalue weighted by Gasteiger charge is 2.70. The molecular formula is C16H22O7. The molecule has 0 aromatic rings. The molecule has 7 nitrogen and oxygen atoms in total. The standard InChI is InChI=1S/C16H22O7/c1-8-3-4-11-9(7-12(17)18)13(19)20-14-16(11)10(8)5-6-15(2,21-14)22-23-16/h8-11,14H,3-7H2,1-2H3,(H,17,18)/t8-,9-,10+,11+,14-,15+,16-/m1/s1. The molecule has 7 heteroatoms. The zero-order valence-corrected chi connectivity index (χ0v) is 13.3. The first kappa shape index (κ1) is 15.4. The van der Waals surface area contributed by atoms with Crippen LogP contribution < -0.4 is 0 Å². The van der Waals surface area contributed by atoms with Crippen molar-refractivity contribution in [3.8, 4) is 0 Å². The van der Waals surface area contributed by atoms with Gasteiger partial charge in [0.05, 0.1) is 12.3 Å². The lowest BCUT2D eigenvalue weighted by Gasteiger charge is -2.58. The average Bonchev–Trinajstić information content (AvgIpc) is 2.70. The molecule has 5 aliphatic rings. The van der Waals surface area contributed by atoms with Crippen LogP contribution in [-0.2, 0) is 28.8 Å². The molecule has 0 aromatic heterocycles. The van der Waals surface area contributed by atoms with Gasteiger partial charge in [0.25, 0.3) is 0 Å². The fourth-order valence-corrected chi connectivity index (χ4v) is 5.03. The Morgan fingerprint density at radius 3 is 2.78 bits per heavy atom. The molecule has 0 radical (unpaired) electrons. The first-order valence-corrected chi connectivity index (χ1v) is 8.33. The van der Waals surface area contributed by atoms with Gasteiger partial charge in [-0.25, -0.2) is 9.78 Å². The highest BCUT2D eigenvalue weighted by molar-refractivity contribution is 5.80. The lowest BCUT2D eigenvalue weighted by Crippen LogP contribution is -2.70. The number of esters is 1. The summed E-state index contributed by atoms with van der Waals surface area (Å²) in [7, 11) is 0. The number of hydrogen-bond acceptors (Lipinski definition) is 6. The predicted octanol–water partition coefficient (Wildman–Crippen LogP) is 1.85. The maximum atomic E-state index is 12.4. The number of rotatable bonds is 2. The Bertz CT molecular complexity index is 549. The highest BCUT2D eigenvalue weighted by Crippen LogP contribution is 2.60. The van der Waals surface area contributed by atoms with Crippen molar-refractivity contribution in [1.82, 2.24) is 0 Å². The molecule has 4 heterocycles. The molecule has 7 atom stereocenters. The fraction of sp³-hybridized carbons (Fsp3) is 0.875. The Labute approximate surface area is 134 Å². The van der Waals surface area contributed by atoms with E-state index in [9.17, 15) is 14.7 Å². The second kappa shape index (κ2) is 4.91. The normalized spacial score (nSPS) is 51.6.